The molecule has 0 aliphatic heterocycles. The van der Waals surface area contributed by atoms with E-state index in [9.17, 15) is 9.59 Å². The SMILES string of the molecule is C=CC(=O)OC(CC)C[SiH](OC)OC.C=CC(=O)OCCC[Si](Cl)(Cl)Cl. The van der Waals surface area contributed by atoms with E-state index in [2.05, 4.69) is 17.9 Å². The van der Waals surface area contributed by atoms with Crippen LogP contribution in [0.15, 0.2) is 25.3 Å². The minimum absolute atomic E-state index is 0.128. The number of carbonyl (C=O) groups is 2. The van der Waals surface area contributed by atoms with Crippen LogP contribution in [-0.2, 0) is 27.9 Å². The number of carbonyl (C=O) groups excluding carboxylic acids is 2. The number of hydrogen-bond donors (Lipinski definition) is 0. The average molecular weight is 466 g/mol. The smallest absolute Gasteiger partial charge is 0.341 e. The molecule has 0 aromatic heterocycles. The van der Waals surface area contributed by atoms with E-state index < -0.39 is 27.2 Å². The van der Waals surface area contributed by atoms with Crippen molar-refractivity contribution < 1.29 is 27.9 Å². The predicted molar refractivity (Wildman–Crippen MR) is 110 cm³/mol. The van der Waals surface area contributed by atoms with Crippen molar-refractivity contribution in [2.24, 2.45) is 0 Å². The lowest BCUT2D eigenvalue weighted by atomic mass is 10.3. The standard InChI is InChI=1S/C9H18O4Si.C6H9Cl3O2Si/c1-5-8(13-9(10)6-2)7-14(11-3)12-4;1-2-6(10)11-4-3-5-12(7,8)9/h6,8,14H,2,5,7H2,1,3-4H3;2H,1,3-5H2. The van der Waals surface area contributed by atoms with Crippen LogP contribution in [0.1, 0.15) is 19.8 Å². The van der Waals surface area contributed by atoms with Gasteiger partial charge in [-0.2, -0.15) is 0 Å². The molecule has 0 aromatic carbocycles. The van der Waals surface area contributed by atoms with Crippen molar-refractivity contribution in [1.29, 1.82) is 0 Å². The first-order valence-corrected chi connectivity index (χ1v) is 14.9. The molecular weight excluding hydrogens is 439 g/mol. The highest BCUT2D eigenvalue weighted by Crippen LogP contribution is 2.26. The van der Waals surface area contributed by atoms with Gasteiger partial charge < -0.3 is 18.3 Å². The predicted octanol–water partition coefficient (Wildman–Crippen LogP) is 3.77. The molecule has 0 heterocycles. The Kier molecular flexibility index (Phi) is 18.0. The first kappa shape index (κ1) is 27.9. The Morgan fingerprint density at radius 1 is 1.12 bits per heavy atom. The van der Waals surface area contributed by atoms with Gasteiger partial charge in [0.15, 0.2) is 0 Å². The molecule has 0 aliphatic rings. The van der Waals surface area contributed by atoms with E-state index in [0.717, 1.165) is 12.5 Å². The Bertz CT molecular complexity index is 428. The van der Waals surface area contributed by atoms with E-state index in [0.29, 0.717) is 18.5 Å². The monoisotopic (exact) mass is 464 g/mol. The normalized spacial score (nSPS) is 11.8. The molecule has 0 fully saturated rings. The van der Waals surface area contributed by atoms with Crippen LogP contribution in [-0.4, -0.2) is 54.2 Å². The quantitative estimate of drug-likeness (QED) is 0.144. The maximum absolute atomic E-state index is 10.9. The molecular formula is C15H27Cl3O6Si2. The van der Waals surface area contributed by atoms with E-state index in [1.54, 1.807) is 14.2 Å². The largest absolute Gasteiger partial charge is 0.463 e. The van der Waals surface area contributed by atoms with Gasteiger partial charge in [0.05, 0.1) is 6.61 Å². The van der Waals surface area contributed by atoms with Gasteiger partial charge in [-0.05, 0) is 18.9 Å². The zero-order valence-electron chi connectivity index (χ0n) is 15.3. The summed E-state index contributed by atoms with van der Waals surface area (Å²) < 4.78 is 20.1. The number of esters is 2. The molecule has 0 amide bonds. The fraction of sp³-hybridized carbons (Fsp3) is 0.600. The summed E-state index contributed by atoms with van der Waals surface area (Å²) in [6.45, 7) is 8.83. The van der Waals surface area contributed by atoms with Gasteiger partial charge in [0.2, 0.25) is 0 Å². The van der Waals surface area contributed by atoms with Crippen molar-refractivity contribution in [3.05, 3.63) is 25.3 Å². The van der Waals surface area contributed by atoms with E-state index in [1.807, 2.05) is 6.92 Å². The highest BCUT2D eigenvalue weighted by molar-refractivity contribution is 7.64. The molecule has 0 bridgehead atoms. The summed E-state index contributed by atoms with van der Waals surface area (Å²) in [5.74, 6) is -0.835. The van der Waals surface area contributed by atoms with Gasteiger partial charge in [0.1, 0.15) is 6.10 Å². The molecule has 0 spiro atoms. The summed E-state index contributed by atoms with van der Waals surface area (Å²) in [7, 11) is 1.58. The summed E-state index contributed by atoms with van der Waals surface area (Å²) in [6.07, 6.45) is 3.49. The Morgan fingerprint density at radius 2 is 1.65 bits per heavy atom. The second-order valence-corrected chi connectivity index (χ2v) is 16.5. The molecule has 0 saturated carbocycles. The maximum atomic E-state index is 10.9. The molecule has 0 N–H and O–H groups in total. The topological polar surface area (TPSA) is 71.1 Å². The minimum atomic E-state index is -2.54. The van der Waals surface area contributed by atoms with Crippen molar-refractivity contribution in [2.75, 3.05) is 20.8 Å². The molecule has 26 heavy (non-hydrogen) atoms. The lowest BCUT2D eigenvalue weighted by Crippen LogP contribution is -2.28. The number of hydrogen-bond acceptors (Lipinski definition) is 6. The summed E-state index contributed by atoms with van der Waals surface area (Å²) in [5.41, 5.74) is 0. The highest BCUT2D eigenvalue weighted by atomic mass is 35.8. The van der Waals surface area contributed by atoms with E-state index in [1.165, 1.54) is 6.08 Å². The Hall–Kier alpha value is -0.356. The van der Waals surface area contributed by atoms with Crippen LogP contribution in [0.4, 0.5) is 0 Å². The second kappa shape index (κ2) is 16.8. The van der Waals surface area contributed by atoms with Crippen molar-refractivity contribution in [1.82, 2.24) is 0 Å². The van der Waals surface area contributed by atoms with E-state index >= 15 is 0 Å². The van der Waals surface area contributed by atoms with Gasteiger partial charge in [-0.15, -0.1) is 33.2 Å². The number of rotatable bonds is 12. The summed E-state index contributed by atoms with van der Waals surface area (Å²) in [6, 6.07) is -1.37. The van der Waals surface area contributed by atoms with Crippen molar-refractivity contribution in [2.45, 2.75) is 38.0 Å². The third-order valence-corrected chi connectivity index (χ3v) is 7.49. The molecule has 0 rings (SSSR count). The maximum Gasteiger partial charge on any atom is 0.341 e. The number of ether oxygens (including phenoxy) is 2. The molecule has 0 aromatic rings. The van der Waals surface area contributed by atoms with Gasteiger partial charge in [0, 0.05) is 32.4 Å². The molecule has 0 aliphatic carbocycles. The van der Waals surface area contributed by atoms with E-state index in [-0.39, 0.29) is 12.7 Å². The van der Waals surface area contributed by atoms with Crippen LogP contribution in [0.5, 0.6) is 0 Å². The minimum Gasteiger partial charge on any atom is -0.463 e. The van der Waals surface area contributed by atoms with E-state index in [4.69, 9.17) is 46.8 Å². The van der Waals surface area contributed by atoms with Crippen LogP contribution in [0.25, 0.3) is 0 Å². The van der Waals surface area contributed by atoms with Crippen LogP contribution < -0.4 is 0 Å². The first-order valence-electron chi connectivity index (χ1n) is 7.87. The molecule has 1 unspecified atom stereocenters. The van der Waals surface area contributed by atoms with Crippen molar-refractivity contribution in [3.63, 3.8) is 0 Å². The number of halogens is 3. The van der Waals surface area contributed by atoms with Gasteiger partial charge in [-0.25, -0.2) is 9.59 Å². The first-order chi connectivity index (χ1) is 12.1. The zero-order chi connectivity index (χ0) is 20.6. The summed E-state index contributed by atoms with van der Waals surface area (Å²) in [4.78, 5) is 21.4. The highest BCUT2D eigenvalue weighted by Gasteiger charge is 2.23. The molecule has 152 valence electrons. The third kappa shape index (κ3) is 18.4. The lowest BCUT2D eigenvalue weighted by molar-refractivity contribution is -0.142. The second-order valence-electron chi connectivity index (χ2n) is 4.90. The average Bonchev–Trinajstić information content (AvgIpc) is 2.61. The Morgan fingerprint density at radius 3 is 2.04 bits per heavy atom. The molecule has 0 radical (unpaired) electrons. The summed E-state index contributed by atoms with van der Waals surface area (Å²) in [5, 5.41) is 0. The Labute approximate surface area is 172 Å². The Balaban J connectivity index is 0. The molecule has 1 atom stereocenters. The molecule has 0 saturated heterocycles. The molecule has 6 nitrogen and oxygen atoms in total. The fourth-order valence-electron chi connectivity index (χ4n) is 1.52. The van der Waals surface area contributed by atoms with Gasteiger partial charge in [-0.1, -0.05) is 20.1 Å². The van der Waals surface area contributed by atoms with Gasteiger partial charge >= 0.3 is 27.2 Å². The lowest BCUT2D eigenvalue weighted by Gasteiger charge is -2.18. The van der Waals surface area contributed by atoms with Crippen LogP contribution in [0.2, 0.25) is 12.1 Å². The van der Waals surface area contributed by atoms with Crippen LogP contribution >= 0.6 is 33.2 Å². The molecule has 11 heteroatoms. The fourth-order valence-corrected chi connectivity index (χ4v) is 4.70. The zero-order valence-corrected chi connectivity index (χ0v) is 19.8. The van der Waals surface area contributed by atoms with Gasteiger partial charge in [-0.3, -0.25) is 0 Å². The van der Waals surface area contributed by atoms with Crippen molar-refractivity contribution in [3.8, 4) is 0 Å². The summed E-state index contributed by atoms with van der Waals surface area (Å²) >= 11 is 16.8. The van der Waals surface area contributed by atoms with Crippen LogP contribution in [0, 0.1) is 0 Å². The van der Waals surface area contributed by atoms with Gasteiger partial charge in [0.25, 0.3) is 0 Å². The third-order valence-electron chi connectivity index (χ3n) is 2.90. The van der Waals surface area contributed by atoms with Crippen LogP contribution in [0.3, 0.4) is 0 Å². The van der Waals surface area contributed by atoms with Crippen molar-refractivity contribution >= 4 is 60.5 Å².